The minimum absolute atomic E-state index is 0. The number of rotatable bonds is 7. The monoisotopic (exact) mass is 466 g/mol. The standard InChI is InChI=1S/C15H15N7O.C5H10NO.Ni/c1-4-12-11(8-16-18-12)15(23)17-13-7-10(6-5-9(13)2)14-19-21-22(3)20-14;1-3-6-4-5(2)7;/h4-8H,1H2,2-3H3,(H2,16,17,18,23);3,5,7H,1,4H2,2H3;/q;-1;+2/p-1/t;5-;/m.1./s1. The number of nitrogens with zero attached hydrogens (tertiary/aromatic N) is 7. The summed E-state index contributed by atoms with van der Waals surface area (Å²) in [4.78, 5) is 13.8. The number of nitrogens with one attached hydrogen (secondary N) is 1. The van der Waals surface area contributed by atoms with Gasteiger partial charge in [0.25, 0.3) is 5.91 Å². The molecule has 0 bridgehead atoms. The molecule has 10 nitrogen and oxygen atoms in total. The smallest absolute Gasteiger partial charge is 0.689 e. The van der Waals surface area contributed by atoms with Crippen LogP contribution in [0.25, 0.3) is 22.8 Å². The second-order valence-electron chi connectivity index (χ2n) is 6.33. The average molecular weight is 467 g/mol. The Morgan fingerprint density at radius 2 is 2.16 bits per heavy atom. The maximum Gasteiger partial charge on any atom is 2.00 e. The summed E-state index contributed by atoms with van der Waals surface area (Å²) in [6.07, 6.45) is 4.01. The maximum atomic E-state index is 12.4. The van der Waals surface area contributed by atoms with Crippen LogP contribution in [0.5, 0.6) is 0 Å². The maximum absolute atomic E-state index is 12.4. The summed E-state index contributed by atoms with van der Waals surface area (Å²) in [5.74, 6) is 0.198. The molecule has 11 heteroatoms. The van der Waals surface area contributed by atoms with Gasteiger partial charge in [-0.15, -0.1) is 35.6 Å². The van der Waals surface area contributed by atoms with E-state index in [9.17, 15) is 4.79 Å². The van der Waals surface area contributed by atoms with Crippen molar-refractivity contribution in [2.24, 2.45) is 7.05 Å². The van der Waals surface area contributed by atoms with E-state index in [4.69, 9.17) is 5.11 Å². The van der Waals surface area contributed by atoms with Crippen molar-refractivity contribution in [3.05, 3.63) is 65.9 Å². The zero-order chi connectivity index (χ0) is 22.1. The molecule has 0 aliphatic rings. The molecule has 1 aromatic carbocycles. The van der Waals surface area contributed by atoms with Crippen LogP contribution in [0, 0.1) is 6.92 Å². The first-order chi connectivity index (χ1) is 14.3. The number of amides is 1. The molecule has 0 aliphatic carbocycles. The minimum atomic E-state index is -0.335. The van der Waals surface area contributed by atoms with Gasteiger partial charge in [-0.25, -0.2) is 0 Å². The number of aliphatic hydroxyl groups is 1. The Labute approximate surface area is 190 Å². The summed E-state index contributed by atoms with van der Waals surface area (Å²) in [6, 6.07) is 5.57. The van der Waals surface area contributed by atoms with Crippen LogP contribution in [0.3, 0.4) is 0 Å². The summed E-state index contributed by atoms with van der Waals surface area (Å²) < 4.78 is 0. The van der Waals surface area contributed by atoms with Crippen molar-refractivity contribution in [3.8, 4) is 11.4 Å². The molecule has 166 valence electrons. The number of benzene rings is 1. The molecule has 31 heavy (non-hydrogen) atoms. The molecule has 0 saturated heterocycles. The van der Waals surface area contributed by atoms with Gasteiger partial charge < -0.3 is 25.9 Å². The number of carbonyl (C=O) groups excluding carboxylic acids is 1. The van der Waals surface area contributed by atoms with Crippen molar-refractivity contribution in [1.82, 2.24) is 30.4 Å². The number of anilines is 1. The first-order valence-electron chi connectivity index (χ1n) is 9.08. The molecule has 2 N–H and O–H groups in total. The van der Waals surface area contributed by atoms with Gasteiger partial charge in [0.2, 0.25) is 5.82 Å². The molecule has 2 aromatic heterocycles. The number of tetrazole rings is 1. The van der Waals surface area contributed by atoms with Crippen molar-refractivity contribution in [3.63, 3.8) is 0 Å². The van der Waals surface area contributed by atoms with Gasteiger partial charge in [0.05, 0.1) is 7.05 Å². The van der Waals surface area contributed by atoms with E-state index in [1.807, 2.05) is 25.1 Å². The molecule has 1 amide bonds. The molecular weight excluding hydrogens is 443 g/mol. The van der Waals surface area contributed by atoms with Crippen LogP contribution in [-0.2, 0) is 23.5 Å². The van der Waals surface area contributed by atoms with E-state index >= 15 is 0 Å². The molecule has 0 aliphatic heterocycles. The third-order valence-electron chi connectivity index (χ3n) is 3.82. The van der Waals surface area contributed by atoms with Gasteiger partial charge in [-0.05, 0) is 30.7 Å². The van der Waals surface area contributed by atoms with Gasteiger partial charge >= 0.3 is 16.5 Å². The van der Waals surface area contributed by atoms with E-state index in [2.05, 4.69) is 49.4 Å². The molecule has 0 unspecified atom stereocenters. The molecule has 1 atom stereocenters. The molecule has 2 heterocycles. The van der Waals surface area contributed by atoms with Crippen LogP contribution in [0.15, 0.2) is 43.8 Å². The molecule has 0 saturated carbocycles. The topological polar surface area (TPSA) is 134 Å². The van der Waals surface area contributed by atoms with Gasteiger partial charge in [-0.3, -0.25) is 4.79 Å². The quantitative estimate of drug-likeness (QED) is 0.510. The summed E-state index contributed by atoms with van der Waals surface area (Å²) in [5, 5.41) is 34.6. The molecule has 0 fully saturated rings. The first-order valence-corrected chi connectivity index (χ1v) is 9.08. The van der Waals surface area contributed by atoms with E-state index in [1.165, 1.54) is 23.3 Å². The van der Waals surface area contributed by atoms with Crippen LogP contribution in [0.2, 0.25) is 0 Å². The van der Waals surface area contributed by atoms with Crippen molar-refractivity contribution in [1.29, 1.82) is 0 Å². The van der Waals surface area contributed by atoms with E-state index in [0.717, 1.165) is 11.1 Å². The summed E-state index contributed by atoms with van der Waals surface area (Å²) in [7, 11) is 1.69. The predicted molar refractivity (Wildman–Crippen MR) is 115 cm³/mol. The predicted octanol–water partition coefficient (Wildman–Crippen LogP) is 2.31. The van der Waals surface area contributed by atoms with Crippen molar-refractivity contribution >= 4 is 17.7 Å². The Morgan fingerprint density at radius 1 is 1.42 bits per heavy atom. The third kappa shape index (κ3) is 7.47. The van der Waals surface area contributed by atoms with Crippen LogP contribution in [0.1, 0.15) is 28.5 Å². The second kappa shape index (κ2) is 12.4. The summed E-state index contributed by atoms with van der Waals surface area (Å²) in [5.41, 5.74) is 3.17. The summed E-state index contributed by atoms with van der Waals surface area (Å²) in [6.45, 7) is 11.0. The zero-order valence-corrected chi connectivity index (χ0v) is 18.5. The fourth-order valence-electron chi connectivity index (χ4n) is 2.31. The van der Waals surface area contributed by atoms with E-state index in [1.54, 1.807) is 14.0 Å². The second-order valence-corrected chi connectivity index (χ2v) is 6.33. The normalized spacial score (nSPS) is 10.7. The van der Waals surface area contributed by atoms with Crippen LogP contribution in [0.4, 0.5) is 5.69 Å². The fraction of sp³-hybridized carbons (Fsp3) is 0.250. The largest absolute Gasteiger partial charge is 2.00 e. The van der Waals surface area contributed by atoms with Crippen LogP contribution < -0.4 is 10.4 Å². The molecular formula is C20H24N8NiO2. The minimum Gasteiger partial charge on any atom is -0.689 e. The SMILES string of the molecule is C=C[N-]C[C@@H](C)O.C=Cc1[n-]ncc1C(=O)Nc1cc(-c2nnn(C)n2)ccc1C.[Ni+2]. The Morgan fingerprint density at radius 3 is 2.71 bits per heavy atom. The average Bonchev–Trinajstić information content (AvgIpc) is 3.37. The van der Waals surface area contributed by atoms with Gasteiger partial charge in [-0.1, -0.05) is 18.2 Å². The zero-order valence-electron chi connectivity index (χ0n) is 17.5. The van der Waals surface area contributed by atoms with Crippen molar-refractivity contribution in [2.75, 3.05) is 11.9 Å². The Balaban J connectivity index is 0.000000523. The van der Waals surface area contributed by atoms with Gasteiger partial charge in [0, 0.05) is 29.1 Å². The van der Waals surface area contributed by atoms with Gasteiger partial charge in [-0.2, -0.15) is 11.0 Å². The molecule has 0 spiro atoms. The summed E-state index contributed by atoms with van der Waals surface area (Å²) >= 11 is 0. The number of aryl methyl sites for hydroxylation is 2. The van der Waals surface area contributed by atoms with E-state index in [-0.39, 0.29) is 28.5 Å². The van der Waals surface area contributed by atoms with E-state index in [0.29, 0.717) is 29.3 Å². The van der Waals surface area contributed by atoms with Gasteiger partial charge in [0.15, 0.2) is 0 Å². The Bertz CT molecular complexity index is 1010. The number of hydrogen-bond donors (Lipinski definition) is 2. The molecule has 3 rings (SSSR count). The number of aliphatic hydroxyl groups excluding tert-OH is 1. The third-order valence-corrected chi connectivity index (χ3v) is 3.82. The number of aromatic nitrogens is 6. The van der Waals surface area contributed by atoms with Crippen LogP contribution >= 0.6 is 0 Å². The number of hydrogen-bond acceptors (Lipinski definition) is 6. The Kier molecular flexibility index (Phi) is 10.3. The first kappa shape index (κ1) is 25.7. The van der Waals surface area contributed by atoms with Crippen molar-refractivity contribution < 1.29 is 26.4 Å². The van der Waals surface area contributed by atoms with Crippen molar-refractivity contribution in [2.45, 2.75) is 20.0 Å². The molecule has 0 radical (unpaired) electrons. The van der Waals surface area contributed by atoms with Crippen LogP contribution in [-0.4, -0.2) is 49.0 Å². The fourth-order valence-corrected chi connectivity index (χ4v) is 2.31. The van der Waals surface area contributed by atoms with Gasteiger partial charge in [0.1, 0.15) is 0 Å². The Hall–Kier alpha value is -3.30. The molecule has 3 aromatic rings. The van der Waals surface area contributed by atoms with E-state index < -0.39 is 0 Å². The number of carbonyl (C=O) groups is 1.